The molecule has 1 aromatic carbocycles. The standard InChI is InChI=1S/C21H19FN6O2/c1-11-3-2-4-15(19(11)22)25-16-9-17(24-14-5-6-14)28-20(26-16)13(10-23-28)7-12-8-18(29)27-21(12)30/h2-4,7-10,14,25,27,29-30H,5-6H2,1H3. The van der Waals surface area contributed by atoms with Crippen LogP contribution in [0.5, 0.6) is 11.8 Å². The van der Waals surface area contributed by atoms with Gasteiger partial charge in [-0.3, -0.25) is 9.98 Å². The van der Waals surface area contributed by atoms with E-state index in [2.05, 4.69) is 20.4 Å². The smallest absolute Gasteiger partial charge is 0.198 e. The van der Waals surface area contributed by atoms with Crippen molar-refractivity contribution in [3.05, 3.63) is 64.2 Å². The number of halogens is 1. The van der Waals surface area contributed by atoms with Gasteiger partial charge in [-0.25, -0.2) is 9.37 Å². The van der Waals surface area contributed by atoms with Crippen molar-refractivity contribution in [3.63, 3.8) is 0 Å². The van der Waals surface area contributed by atoms with Crippen LogP contribution in [0.2, 0.25) is 0 Å². The number of nitrogens with zero attached hydrogens (tertiary/aromatic N) is 4. The van der Waals surface area contributed by atoms with E-state index in [1.165, 1.54) is 6.07 Å². The molecule has 0 radical (unpaired) electrons. The summed E-state index contributed by atoms with van der Waals surface area (Å²) >= 11 is 0. The molecule has 3 heterocycles. The molecule has 30 heavy (non-hydrogen) atoms. The van der Waals surface area contributed by atoms with E-state index < -0.39 is 0 Å². The Labute approximate surface area is 170 Å². The Bertz CT molecular complexity index is 1390. The van der Waals surface area contributed by atoms with Gasteiger partial charge in [-0.05, 0) is 37.5 Å². The zero-order chi connectivity index (χ0) is 20.8. The molecular formula is C21H19FN6O2. The number of nitrogens with one attached hydrogen (secondary N) is 2. The summed E-state index contributed by atoms with van der Waals surface area (Å²) in [6, 6.07) is 8.51. The number of H-pyrrole nitrogens is 1. The van der Waals surface area contributed by atoms with Gasteiger partial charge in [0.2, 0.25) is 0 Å². The topological polar surface area (TPSA) is 111 Å². The lowest BCUT2D eigenvalue weighted by molar-refractivity contribution is 0.425. The highest BCUT2D eigenvalue weighted by Crippen LogP contribution is 2.24. The first-order valence-electron chi connectivity index (χ1n) is 9.55. The van der Waals surface area contributed by atoms with E-state index in [1.807, 2.05) is 0 Å². The van der Waals surface area contributed by atoms with Gasteiger partial charge >= 0.3 is 0 Å². The van der Waals surface area contributed by atoms with Crippen LogP contribution in [0.4, 0.5) is 15.9 Å². The molecule has 0 saturated heterocycles. The maximum absolute atomic E-state index is 14.5. The number of aromatic amines is 1. The number of fused-ring (bicyclic) bond motifs is 1. The summed E-state index contributed by atoms with van der Waals surface area (Å²) in [4.78, 5) is 11.7. The van der Waals surface area contributed by atoms with Crippen molar-refractivity contribution in [3.8, 4) is 11.8 Å². The molecule has 4 N–H and O–H groups in total. The van der Waals surface area contributed by atoms with Crippen LogP contribution in [-0.4, -0.2) is 35.8 Å². The van der Waals surface area contributed by atoms with Crippen LogP contribution in [0.15, 0.2) is 41.5 Å². The number of anilines is 2. The minimum absolute atomic E-state index is 0.148. The number of hydrogen-bond donors (Lipinski definition) is 4. The molecule has 0 aliphatic heterocycles. The van der Waals surface area contributed by atoms with Crippen molar-refractivity contribution < 1.29 is 14.6 Å². The Kier molecular flexibility index (Phi) is 4.16. The number of hydrogen-bond acceptors (Lipinski definition) is 6. The first-order valence-corrected chi connectivity index (χ1v) is 9.55. The van der Waals surface area contributed by atoms with Crippen LogP contribution in [0, 0.1) is 12.7 Å². The summed E-state index contributed by atoms with van der Waals surface area (Å²) in [5, 5.41) is 27.5. The van der Waals surface area contributed by atoms with Gasteiger partial charge in [0, 0.05) is 22.9 Å². The molecule has 9 heteroatoms. The first-order chi connectivity index (χ1) is 14.5. The molecule has 1 saturated carbocycles. The average molecular weight is 406 g/mol. The summed E-state index contributed by atoms with van der Waals surface area (Å²) in [6.45, 7) is 1.70. The average Bonchev–Trinajstić information content (AvgIpc) is 3.34. The molecular weight excluding hydrogens is 387 g/mol. The van der Waals surface area contributed by atoms with Crippen LogP contribution in [-0.2, 0) is 0 Å². The molecule has 0 amide bonds. The Morgan fingerprint density at radius 2 is 2.13 bits per heavy atom. The molecule has 5 rings (SSSR count). The van der Waals surface area contributed by atoms with E-state index in [0.717, 1.165) is 12.8 Å². The minimum Gasteiger partial charge on any atom is -0.494 e. The Morgan fingerprint density at radius 1 is 1.30 bits per heavy atom. The minimum atomic E-state index is -0.340. The zero-order valence-corrected chi connectivity index (χ0v) is 16.1. The number of aryl methyl sites for hydroxylation is 1. The number of benzene rings is 1. The van der Waals surface area contributed by atoms with Gasteiger partial charge in [-0.15, -0.1) is 0 Å². The second kappa shape index (κ2) is 6.87. The van der Waals surface area contributed by atoms with Crippen molar-refractivity contribution in [2.24, 2.45) is 4.99 Å². The van der Waals surface area contributed by atoms with E-state index in [4.69, 9.17) is 4.99 Å². The van der Waals surface area contributed by atoms with E-state index in [9.17, 15) is 14.6 Å². The van der Waals surface area contributed by atoms with Crippen LogP contribution < -0.4 is 16.0 Å². The van der Waals surface area contributed by atoms with E-state index in [-0.39, 0.29) is 23.6 Å². The van der Waals surface area contributed by atoms with Crippen LogP contribution in [0.25, 0.3) is 11.7 Å². The van der Waals surface area contributed by atoms with E-state index >= 15 is 0 Å². The highest BCUT2D eigenvalue weighted by molar-refractivity contribution is 5.64. The van der Waals surface area contributed by atoms with Gasteiger partial charge in [0.05, 0.1) is 17.9 Å². The summed E-state index contributed by atoms with van der Waals surface area (Å²) in [7, 11) is 0. The summed E-state index contributed by atoms with van der Waals surface area (Å²) < 4.78 is 16.1. The molecule has 3 aromatic heterocycles. The van der Waals surface area contributed by atoms with E-state index in [1.54, 1.807) is 48.0 Å². The van der Waals surface area contributed by atoms with Gasteiger partial charge in [-0.1, -0.05) is 12.1 Å². The molecule has 1 aliphatic rings. The quantitative estimate of drug-likeness (QED) is 0.416. The van der Waals surface area contributed by atoms with Crippen molar-refractivity contribution in [1.29, 1.82) is 0 Å². The third kappa shape index (κ3) is 3.34. The molecule has 0 unspecified atom stereocenters. The highest BCUT2D eigenvalue weighted by atomic mass is 19.1. The number of aromatic hydroxyl groups is 2. The summed E-state index contributed by atoms with van der Waals surface area (Å²) in [5.41, 5.74) is 2.35. The lowest BCUT2D eigenvalue weighted by atomic mass is 10.2. The van der Waals surface area contributed by atoms with Crippen LogP contribution in [0.3, 0.4) is 0 Å². The fraction of sp³-hybridized carbons (Fsp3) is 0.190. The summed E-state index contributed by atoms with van der Waals surface area (Å²) in [6.07, 6.45) is 5.30. The first kappa shape index (κ1) is 18.2. The lowest BCUT2D eigenvalue weighted by Gasteiger charge is -2.09. The molecule has 152 valence electrons. The third-order valence-electron chi connectivity index (χ3n) is 4.92. The Morgan fingerprint density at radius 3 is 2.87 bits per heavy atom. The normalized spacial score (nSPS) is 15.3. The number of aromatic nitrogens is 4. The number of rotatable bonds is 4. The van der Waals surface area contributed by atoms with Gasteiger partial charge in [0.25, 0.3) is 0 Å². The fourth-order valence-corrected chi connectivity index (χ4v) is 3.22. The molecule has 1 fully saturated rings. The predicted molar refractivity (Wildman–Crippen MR) is 109 cm³/mol. The van der Waals surface area contributed by atoms with Crippen molar-refractivity contribution >= 4 is 23.2 Å². The van der Waals surface area contributed by atoms with Crippen molar-refractivity contribution in [1.82, 2.24) is 19.6 Å². The maximum atomic E-state index is 14.5. The van der Waals surface area contributed by atoms with Crippen molar-refractivity contribution in [2.45, 2.75) is 25.8 Å². The Balaban J connectivity index is 1.68. The van der Waals surface area contributed by atoms with Gasteiger partial charge < -0.3 is 15.5 Å². The molecule has 0 spiro atoms. The second-order valence-electron chi connectivity index (χ2n) is 7.36. The molecule has 8 nitrogen and oxygen atoms in total. The predicted octanol–water partition coefficient (Wildman–Crippen LogP) is 2.27. The van der Waals surface area contributed by atoms with Gasteiger partial charge in [-0.2, -0.15) is 9.61 Å². The second-order valence-corrected chi connectivity index (χ2v) is 7.36. The van der Waals surface area contributed by atoms with Crippen LogP contribution >= 0.6 is 0 Å². The lowest BCUT2D eigenvalue weighted by Crippen LogP contribution is -2.20. The van der Waals surface area contributed by atoms with E-state index in [0.29, 0.717) is 39.0 Å². The van der Waals surface area contributed by atoms with Crippen molar-refractivity contribution in [2.75, 3.05) is 5.32 Å². The zero-order valence-electron chi connectivity index (χ0n) is 16.1. The van der Waals surface area contributed by atoms with Gasteiger partial charge in [0.15, 0.2) is 22.9 Å². The molecule has 0 atom stereocenters. The third-order valence-corrected chi connectivity index (χ3v) is 4.92. The van der Waals surface area contributed by atoms with Crippen LogP contribution in [0.1, 0.15) is 24.0 Å². The largest absolute Gasteiger partial charge is 0.494 e. The molecule has 1 aliphatic carbocycles. The molecule has 4 aromatic rings. The monoisotopic (exact) mass is 406 g/mol. The summed E-state index contributed by atoms with van der Waals surface area (Å²) in [5.74, 6) is -0.216. The highest BCUT2D eigenvalue weighted by Gasteiger charge is 2.20. The molecule has 0 bridgehead atoms. The Hall–Kier alpha value is -3.88. The maximum Gasteiger partial charge on any atom is 0.198 e. The van der Waals surface area contributed by atoms with Gasteiger partial charge in [0.1, 0.15) is 11.6 Å². The SMILES string of the molecule is Cc1cccc(Nc2cc(=NC3CC3)n3ncc(=Cc4cc(O)[nH]c4O)c3n2)c1F. The fourth-order valence-electron chi connectivity index (χ4n) is 3.22.